The fraction of sp³-hybridized carbons (Fsp3) is 0.562. The van der Waals surface area contributed by atoms with Gasteiger partial charge in [-0.1, -0.05) is 13.8 Å². The molecule has 1 aliphatic carbocycles. The molecular weight excluding hydrogens is 238 g/mol. The maximum absolute atomic E-state index is 5.93. The van der Waals surface area contributed by atoms with Gasteiger partial charge in [-0.3, -0.25) is 0 Å². The lowest BCUT2D eigenvalue weighted by Crippen LogP contribution is -2.20. The number of benzene rings is 1. The topological polar surface area (TPSA) is 35.3 Å². The van der Waals surface area contributed by atoms with Gasteiger partial charge < -0.3 is 9.15 Å². The number of methoxy groups -OCH3 is 1. The van der Waals surface area contributed by atoms with Crippen LogP contribution in [0.2, 0.25) is 0 Å². The van der Waals surface area contributed by atoms with Crippen molar-refractivity contribution in [1.82, 2.24) is 4.98 Å². The predicted octanol–water partition coefficient (Wildman–Crippen LogP) is 4.52. The molecule has 102 valence electrons. The molecule has 0 saturated heterocycles. The molecule has 0 radical (unpaired) electrons. The first kappa shape index (κ1) is 12.5. The average Bonchev–Trinajstić information content (AvgIpc) is 2.81. The highest BCUT2D eigenvalue weighted by molar-refractivity contribution is 5.74. The van der Waals surface area contributed by atoms with Crippen molar-refractivity contribution >= 4 is 11.1 Å². The minimum absolute atomic E-state index is 0.478. The van der Waals surface area contributed by atoms with E-state index in [1.807, 2.05) is 18.2 Å². The number of rotatable bonds is 2. The Morgan fingerprint density at radius 1 is 1.26 bits per heavy atom. The number of nitrogens with zero attached hydrogens (tertiary/aromatic N) is 1. The van der Waals surface area contributed by atoms with E-state index in [1.54, 1.807) is 7.11 Å². The SMILES string of the molecule is COc1ccc2nc(C3CCC(C)(C)CC3)oc2c1. The first-order valence-corrected chi connectivity index (χ1v) is 7.02. The minimum Gasteiger partial charge on any atom is -0.497 e. The Hall–Kier alpha value is -1.51. The summed E-state index contributed by atoms with van der Waals surface area (Å²) in [6.45, 7) is 4.69. The standard InChI is InChI=1S/C16H21NO2/c1-16(2)8-6-11(7-9-16)15-17-13-5-4-12(18-3)10-14(13)19-15/h4-5,10-11H,6-9H2,1-3H3. The van der Waals surface area contributed by atoms with E-state index in [4.69, 9.17) is 9.15 Å². The van der Waals surface area contributed by atoms with Crippen LogP contribution in [0.3, 0.4) is 0 Å². The van der Waals surface area contributed by atoms with Crippen molar-refractivity contribution in [3.8, 4) is 5.75 Å². The monoisotopic (exact) mass is 259 g/mol. The van der Waals surface area contributed by atoms with E-state index < -0.39 is 0 Å². The van der Waals surface area contributed by atoms with E-state index in [2.05, 4.69) is 18.8 Å². The van der Waals surface area contributed by atoms with Crippen LogP contribution in [-0.4, -0.2) is 12.1 Å². The van der Waals surface area contributed by atoms with E-state index in [0.717, 1.165) is 22.7 Å². The molecule has 2 aromatic rings. The number of oxazole rings is 1. The van der Waals surface area contributed by atoms with E-state index in [1.165, 1.54) is 25.7 Å². The molecule has 1 aliphatic rings. The molecule has 3 heteroatoms. The zero-order valence-electron chi connectivity index (χ0n) is 11.9. The zero-order chi connectivity index (χ0) is 13.5. The number of fused-ring (bicyclic) bond motifs is 1. The summed E-state index contributed by atoms with van der Waals surface area (Å²) in [6.07, 6.45) is 4.85. The molecule has 0 amide bonds. The molecule has 0 N–H and O–H groups in total. The third-order valence-corrected chi connectivity index (χ3v) is 4.30. The van der Waals surface area contributed by atoms with Gasteiger partial charge in [0.15, 0.2) is 11.5 Å². The Kier molecular flexibility index (Phi) is 3.00. The van der Waals surface area contributed by atoms with E-state index in [9.17, 15) is 0 Å². The van der Waals surface area contributed by atoms with Gasteiger partial charge in [0.2, 0.25) is 0 Å². The minimum atomic E-state index is 0.478. The zero-order valence-corrected chi connectivity index (χ0v) is 11.9. The first-order chi connectivity index (χ1) is 9.07. The molecule has 19 heavy (non-hydrogen) atoms. The van der Waals surface area contributed by atoms with Crippen LogP contribution < -0.4 is 4.74 Å². The molecule has 0 spiro atoms. The predicted molar refractivity (Wildman–Crippen MR) is 75.6 cm³/mol. The Bertz CT molecular complexity index is 575. The summed E-state index contributed by atoms with van der Waals surface area (Å²) in [4.78, 5) is 4.64. The Morgan fingerprint density at radius 2 is 2.00 bits per heavy atom. The summed E-state index contributed by atoms with van der Waals surface area (Å²) in [5.74, 6) is 2.20. The summed E-state index contributed by atoms with van der Waals surface area (Å²) < 4.78 is 11.1. The fourth-order valence-electron chi connectivity index (χ4n) is 2.87. The molecular formula is C16H21NO2. The van der Waals surface area contributed by atoms with Crippen LogP contribution >= 0.6 is 0 Å². The van der Waals surface area contributed by atoms with Crippen molar-refractivity contribution in [2.24, 2.45) is 5.41 Å². The first-order valence-electron chi connectivity index (χ1n) is 7.02. The van der Waals surface area contributed by atoms with Gasteiger partial charge in [0.1, 0.15) is 11.3 Å². The number of aromatic nitrogens is 1. The molecule has 1 heterocycles. The highest BCUT2D eigenvalue weighted by Crippen LogP contribution is 2.42. The second kappa shape index (κ2) is 4.55. The smallest absolute Gasteiger partial charge is 0.198 e. The molecule has 1 fully saturated rings. The van der Waals surface area contributed by atoms with Crippen LogP contribution in [0.25, 0.3) is 11.1 Å². The largest absolute Gasteiger partial charge is 0.497 e. The van der Waals surface area contributed by atoms with Gasteiger partial charge in [0.05, 0.1) is 7.11 Å². The Morgan fingerprint density at radius 3 is 2.68 bits per heavy atom. The lowest BCUT2D eigenvalue weighted by Gasteiger charge is -2.32. The van der Waals surface area contributed by atoms with Crippen molar-refractivity contribution in [2.45, 2.75) is 45.4 Å². The molecule has 0 bridgehead atoms. The van der Waals surface area contributed by atoms with Gasteiger partial charge in [0, 0.05) is 12.0 Å². The molecule has 1 aromatic heterocycles. The van der Waals surface area contributed by atoms with E-state index in [-0.39, 0.29) is 0 Å². The normalized spacial score (nSPS) is 19.7. The summed E-state index contributed by atoms with van der Waals surface area (Å²) >= 11 is 0. The summed E-state index contributed by atoms with van der Waals surface area (Å²) in [6, 6.07) is 5.81. The van der Waals surface area contributed by atoms with Gasteiger partial charge in [-0.2, -0.15) is 0 Å². The third-order valence-electron chi connectivity index (χ3n) is 4.30. The van der Waals surface area contributed by atoms with Crippen LogP contribution in [0.15, 0.2) is 22.6 Å². The van der Waals surface area contributed by atoms with Gasteiger partial charge in [-0.15, -0.1) is 0 Å². The molecule has 3 nitrogen and oxygen atoms in total. The molecule has 1 saturated carbocycles. The van der Waals surface area contributed by atoms with Crippen LogP contribution in [-0.2, 0) is 0 Å². The molecule has 1 aromatic carbocycles. The van der Waals surface area contributed by atoms with Crippen molar-refractivity contribution in [3.05, 3.63) is 24.1 Å². The third kappa shape index (κ3) is 2.46. The van der Waals surface area contributed by atoms with Crippen molar-refractivity contribution in [3.63, 3.8) is 0 Å². The number of hydrogen-bond acceptors (Lipinski definition) is 3. The van der Waals surface area contributed by atoms with Gasteiger partial charge in [0.25, 0.3) is 0 Å². The van der Waals surface area contributed by atoms with E-state index in [0.29, 0.717) is 11.3 Å². The van der Waals surface area contributed by atoms with Crippen molar-refractivity contribution < 1.29 is 9.15 Å². The number of ether oxygens (including phenoxy) is 1. The fourth-order valence-corrected chi connectivity index (χ4v) is 2.87. The Labute approximate surface area is 114 Å². The van der Waals surface area contributed by atoms with Crippen LogP contribution in [0.4, 0.5) is 0 Å². The van der Waals surface area contributed by atoms with Crippen LogP contribution in [0, 0.1) is 5.41 Å². The lowest BCUT2D eigenvalue weighted by atomic mass is 9.73. The molecule has 0 unspecified atom stereocenters. The molecule has 3 rings (SSSR count). The summed E-state index contributed by atoms with van der Waals surface area (Å²) in [5.41, 5.74) is 2.24. The van der Waals surface area contributed by atoms with Gasteiger partial charge in [-0.25, -0.2) is 4.98 Å². The highest BCUT2D eigenvalue weighted by Gasteiger charge is 2.30. The lowest BCUT2D eigenvalue weighted by molar-refractivity contribution is 0.210. The van der Waals surface area contributed by atoms with Gasteiger partial charge >= 0.3 is 0 Å². The van der Waals surface area contributed by atoms with Crippen molar-refractivity contribution in [1.29, 1.82) is 0 Å². The van der Waals surface area contributed by atoms with Crippen LogP contribution in [0.5, 0.6) is 5.75 Å². The highest BCUT2D eigenvalue weighted by atomic mass is 16.5. The van der Waals surface area contributed by atoms with Crippen molar-refractivity contribution in [2.75, 3.05) is 7.11 Å². The number of hydrogen-bond donors (Lipinski definition) is 0. The maximum atomic E-state index is 5.93. The summed E-state index contributed by atoms with van der Waals surface area (Å²) in [5, 5.41) is 0. The van der Waals surface area contributed by atoms with E-state index >= 15 is 0 Å². The second-order valence-electron chi connectivity index (χ2n) is 6.32. The summed E-state index contributed by atoms with van der Waals surface area (Å²) in [7, 11) is 1.67. The Balaban J connectivity index is 1.85. The molecule has 0 atom stereocenters. The van der Waals surface area contributed by atoms with Crippen LogP contribution in [0.1, 0.15) is 51.3 Å². The second-order valence-corrected chi connectivity index (χ2v) is 6.32. The quantitative estimate of drug-likeness (QED) is 0.795. The molecule has 0 aliphatic heterocycles. The maximum Gasteiger partial charge on any atom is 0.198 e. The average molecular weight is 259 g/mol. The van der Waals surface area contributed by atoms with Gasteiger partial charge in [-0.05, 0) is 43.2 Å².